The molecule has 0 aromatic heterocycles. The van der Waals surface area contributed by atoms with Gasteiger partial charge in [-0.05, 0) is 30.9 Å². The summed E-state index contributed by atoms with van der Waals surface area (Å²) in [7, 11) is 0. The van der Waals surface area contributed by atoms with E-state index >= 15 is 0 Å². The number of fused-ring (bicyclic) bond motifs is 1. The fourth-order valence-corrected chi connectivity index (χ4v) is 3.52. The van der Waals surface area contributed by atoms with Crippen LogP contribution >= 0.6 is 0 Å². The lowest BCUT2D eigenvalue weighted by molar-refractivity contribution is -0.160. The fraction of sp³-hybridized carbons (Fsp3) is 0.562. The van der Waals surface area contributed by atoms with Crippen molar-refractivity contribution in [2.45, 2.75) is 32.3 Å². The van der Waals surface area contributed by atoms with Crippen LogP contribution in [0.5, 0.6) is 0 Å². The number of ether oxygens (including phenoxy) is 1. The van der Waals surface area contributed by atoms with Crippen molar-refractivity contribution in [1.82, 2.24) is 5.32 Å². The molecule has 2 aliphatic rings. The Balaban J connectivity index is 1.66. The Kier molecular flexibility index (Phi) is 3.56. The molecule has 0 bridgehead atoms. The summed E-state index contributed by atoms with van der Waals surface area (Å²) in [5, 5.41) is 3.38. The molecular formula is C16H21NO2. The number of carbonyl (C=O) groups is 1. The highest BCUT2D eigenvalue weighted by Crippen LogP contribution is 2.44. The van der Waals surface area contributed by atoms with Gasteiger partial charge in [-0.2, -0.15) is 0 Å². The van der Waals surface area contributed by atoms with Gasteiger partial charge in [-0.1, -0.05) is 43.2 Å². The highest BCUT2D eigenvalue weighted by Gasteiger charge is 2.51. The second-order valence-corrected chi connectivity index (χ2v) is 5.79. The topological polar surface area (TPSA) is 38.3 Å². The second-order valence-electron chi connectivity index (χ2n) is 5.79. The van der Waals surface area contributed by atoms with Gasteiger partial charge in [0.1, 0.15) is 6.61 Å². The van der Waals surface area contributed by atoms with Gasteiger partial charge in [-0.3, -0.25) is 4.79 Å². The van der Waals surface area contributed by atoms with E-state index in [0.29, 0.717) is 12.5 Å². The van der Waals surface area contributed by atoms with Crippen LogP contribution in [0.4, 0.5) is 0 Å². The standard InChI is InChI=1S/C16H21NO2/c18-15(19-11-13-6-2-1-3-7-13)16-9-5-4-8-14(16)10-17-12-16/h1-3,6-7,14,17H,4-5,8-12H2/t14-,16-/m0/s1. The van der Waals surface area contributed by atoms with Crippen LogP contribution < -0.4 is 5.32 Å². The molecule has 1 aromatic carbocycles. The molecule has 1 saturated carbocycles. The average Bonchev–Trinajstić information content (AvgIpc) is 2.91. The highest BCUT2D eigenvalue weighted by atomic mass is 16.5. The third kappa shape index (κ3) is 2.39. The van der Waals surface area contributed by atoms with Crippen molar-refractivity contribution in [3.8, 4) is 0 Å². The van der Waals surface area contributed by atoms with E-state index in [1.807, 2.05) is 30.3 Å². The highest BCUT2D eigenvalue weighted by molar-refractivity contribution is 5.78. The lowest BCUT2D eigenvalue weighted by Gasteiger charge is -2.36. The van der Waals surface area contributed by atoms with Crippen LogP contribution in [0.1, 0.15) is 31.2 Å². The minimum atomic E-state index is -0.243. The third-order valence-corrected chi connectivity index (χ3v) is 4.66. The van der Waals surface area contributed by atoms with Crippen LogP contribution in [0, 0.1) is 11.3 Å². The largest absolute Gasteiger partial charge is 0.460 e. The molecule has 0 radical (unpaired) electrons. The van der Waals surface area contributed by atoms with E-state index in [2.05, 4.69) is 5.32 Å². The molecule has 1 aliphatic carbocycles. The van der Waals surface area contributed by atoms with Crippen molar-refractivity contribution in [2.24, 2.45) is 11.3 Å². The van der Waals surface area contributed by atoms with Gasteiger partial charge in [0, 0.05) is 6.54 Å². The molecule has 0 amide bonds. The summed E-state index contributed by atoms with van der Waals surface area (Å²) in [6.07, 6.45) is 4.55. The molecule has 0 unspecified atom stereocenters. The maximum absolute atomic E-state index is 12.5. The first-order valence-electron chi connectivity index (χ1n) is 7.23. The monoisotopic (exact) mass is 259 g/mol. The number of esters is 1. The molecule has 1 aromatic rings. The van der Waals surface area contributed by atoms with Crippen LogP contribution in [-0.4, -0.2) is 19.1 Å². The quantitative estimate of drug-likeness (QED) is 0.848. The molecule has 2 fully saturated rings. The summed E-state index contributed by atoms with van der Waals surface area (Å²) in [4.78, 5) is 12.5. The van der Waals surface area contributed by atoms with Crippen molar-refractivity contribution in [3.63, 3.8) is 0 Å². The summed E-state index contributed by atoms with van der Waals surface area (Å²) in [5.41, 5.74) is 0.818. The van der Waals surface area contributed by atoms with Crippen LogP contribution in [0.2, 0.25) is 0 Å². The fourth-order valence-electron chi connectivity index (χ4n) is 3.52. The van der Waals surface area contributed by atoms with Gasteiger partial charge in [0.05, 0.1) is 5.41 Å². The van der Waals surface area contributed by atoms with Crippen LogP contribution in [0.3, 0.4) is 0 Å². The van der Waals surface area contributed by atoms with Crippen LogP contribution in [-0.2, 0) is 16.1 Å². The van der Waals surface area contributed by atoms with Crippen molar-refractivity contribution in [3.05, 3.63) is 35.9 Å². The Morgan fingerprint density at radius 1 is 1.32 bits per heavy atom. The molecule has 1 heterocycles. The Morgan fingerprint density at radius 2 is 2.16 bits per heavy atom. The third-order valence-electron chi connectivity index (χ3n) is 4.66. The summed E-state index contributed by atoms with van der Waals surface area (Å²) in [6.45, 7) is 2.17. The van der Waals surface area contributed by atoms with E-state index in [1.165, 1.54) is 6.42 Å². The zero-order valence-corrected chi connectivity index (χ0v) is 11.2. The summed E-state index contributed by atoms with van der Waals surface area (Å²) in [5.74, 6) is 0.482. The maximum atomic E-state index is 12.5. The van der Waals surface area contributed by atoms with Gasteiger partial charge in [-0.25, -0.2) is 0 Å². The van der Waals surface area contributed by atoms with Gasteiger partial charge >= 0.3 is 5.97 Å². The molecule has 3 heteroatoms. The molecule has 19 heavy (non-hydrogen) atoms. The van der Waals surface area contributed by atoms with E-state index in [4.69, 9.17) is 4.74 Å². The average molecular weight is 259 g/mol. The normalized spacial score (nSPS) is 29.8. The van der Waals surface area contributed by atoms with Crippen molar-refractivity contribution in [2.75, 3.05) is 13.1 Å². The van der Waals surface area contributed by atoms with Gasteiger partial charge in [0.2, 0.25) is 0 Å². The summed E-state index contributed by atoms with van der Waals surface area (Å²) in [6, 6.07) is 9.92. The van der Waals surface area contributed by atoms with Gasteiger partial charge in [-0.15, -0.1) is 0 Å². The van der Waals surface area contributed by atoms with Crippen LogP contribution in [0.15, 0.2) is 30.3 Å². The first-order valence-corrected chi connectivity index (χ1v) is 7.23. The number of benzene rings is 1. The van der Waals surface area contributed by atoms with Crippen LogP contribution in [0.25, 0.3) is 0 Å². The van der Waals surface area contributed by atoms with Gasteiger partial charge in [0.15, 0.2) is 0 Å². The van der Waals surface area contributed by atoms with Gasteiger partial charge < -0.3 is 10.1 Å². The molecule has 0 spiro atoms. The molecule has 1 aliphatic heterocycles. The first-order chi connectivity index (χ1) is 9.31. The number of nitrogens with one attached hydrogen (secondary N) is 1. The summed E-state index contributed by atoms with van der Waals surface area (Å²) < 4.78 is 5.59. The number of rotatable bonds is 3. The molecule has 1 N–H and O–H groups in total. The van der Waals surface area contributed by atoms with Crippen molar-refractivity contribution >= 4 is 5.97 Å². The summed E-state index contributed by atoms with van der Waals surface area (Å²) >= 11 is 0. The van der Waals surface area contributed by atoms with E-state index < -0.39 is 0 Å². The van der Waals surface area contributed by atoms with E-state index in [9.17, 15) is 4.79 Å². The SMILES string of the molecule is O=C(OCc1ccccc1)[C@]12CCCC[C@H]1CNC2. The predicted molar refractivity (Wildman–Crippen MR) is 73.5 cm³/mol. The molecule has 1 saturated heterocycles. The zero-order chi connectivity index (χ0) is 13.1. The minimum Gasteiger partial charge on any atom is -0.460 e. The Bertz CT molecular complexity index is 445. The van der Waals surface area contributed by atoms with E-state index in [0.717, 1.165) is 37.9 Å². The van der Waals surface area contributed by atoms with E-state index in [-0.39, 0.29) is 11.4 Å². The molecule has 3 nitrogen and oxygen atoms in total. The lowest BCUT2D eigenvalue weighted by atomic mass is 9.68. The zero-order valence-electron chi connectivity index (χ0n) is 11.2. The Hall–Kier alpha value is -1.35. The molecule has 102 valence electrons. The van der Waals surface area contributed by atoms with Crippen molar-refractivity contribution in [1.29, 1.82) is 0 Å². The maximum Gasteiger partial charge on any atom is 0.314 e. The molecular weight excluding hydrogens is 238 g/mol. The van der Waals surface area contributed by atoms with Gasteiger partial charge in [0.25, 0.3) is 0 Å². The molecule has 2 atom stereocenters. The number of carbonyl (C=O) groups excluding carboxylic acids is 1. The Morgan fingerprint density at radius 3 is 3.00 bits per heavy atom. The smallest absolute Gasteiger partial charge is 0.314 e. The number of hydrogen-bond donors (Lipinski definition) is 1. The van der Waals surface area contributed by atoms with Crippen molar-refractivity contribution < 1.29 is 9.53 Å². The Labute approximate surface area is 114 Å². The number of hydrogen-bond acceptors (Lipinski definition) is 3. The minimum absolute atomic E-state index is 0.00560. The first kappa shape index (κ1) is 12.7. The molecule has 3 rings (SSSR count). The van der Waals surface area contributed by atoms with E-state index in [1.54, 1.807) is 0 Å². The lowest BCUT2D eigenvalue weighted by Crippen LogP contribution is -2.42. The predicted octanol–water partition coefficient (Wildman–Crippen LogP) is 2.51. The second kappa shape index (κ2) is 5.33.